The number of nitrogens with one attached hydrogen (secondary N) is 1. The Hall–Kier alpha value is -1.98. The average Bonchev–Trinajstić information content (AvgIpc) is 2.42. The van der Waals surface area contributed by atoms with Crippen molar-refractivity contribution in [2.75, 3.05) is 11.9 Å². The summed E-state index contributed by atoms with van der Waals surface area (Å²) in [5, 5.41) is 12.7. The van der Waals surface area contributed by atoms with Gasteiger partial charge in [-0.1, -0.05) is 41.9 Å². The number of rotatable bonds is 4. The first-order valence-electron chi connectivity index (χ1n) is 5.77. The fraction of sp³-hybridized carbons (Fsp3) is 0.133. The van der Waals surface area contributed by atoms with Crippen LogP contribution in [0.2, 0.25) is 5.02 Å². The second kappa shape index (κ2) is 6.09. The third-order valence-corrected chi connectivity index (χ3v) is 3.00. The zero-order valence-corrected chi connectivity index (χ0v) is 10.6. The standard InChI is InChI=1S/C15H13ClN2/c16-14-7-6-13(11-17)10-15(14)18-9-8-12-4-2-1-3-5-12/h1-7,10,18H,8-9H2. The fourth-order valence-corrected chi connectivity index (χ4v) is 1.90. The number of hydrogen-bond acceptors (Lipinski definition) is 2. The topological polar surface area (TPSA) is 35.8 Å². The maximum atomic E-state index is 8.84. The minimum absolute atomic E-state index is 0.613. The van der Waals surface area contributed by atoms with E-state index in [0.717, 1.165) is 18.7 Å². The summed E-state index contributed by atoms with van der Waals surface area (Å²) in [5.74, 6) is 0. The fourth-order valence-electron chi connectivity index (χ4n) is 1.72. The molecule has 0 amide bonds. The summed E-state index contributed by atoms with van der Waals surface area (Å²) < 4.78 is 0. The normalized spacial score (nSPS) is 9.78. The van der Waals surface area contributed by atoms with Crippen LogP contribution in [-0.2, 0) is 6.42 Å². The van der Waals surface area contributed by atoms with Crippen LogP contribution in [0, 0.1) is 11.3 Å². The van der Waals surface area contributed by atoms with Crippen LogP contribution in [0.3, 0.4) is 0 Å². The van der Waals surface area contributed by atoms with Gasteiger partial charge in [0.25, 0.3) is 0 Å². The van der Waals surface area contributed by atoms with E-state index in [1.807, 2.05) is 18.2 Å². The maximum absolute atomic E-state index is 8.84. The van der Waals surface area contributed by atoms with E-state index in [1.54, 1.807) is 18.2 Å². The highest BCUT2D eigenvalue weighted by Crippen LogP contribution is 2.22. The molecule has 0 spiro atoms. The quantitative estimate of drug-likeness (QED) is 0.902. The number of hydrogen-bond donors (Lipinski definition) is 1. The molecule has 2 rings (SSSR count). The molecule has 2 aromatic carbocycles. The van der Waals surface area contributed by atoms with Gasteiger partial charge in [-0.3, -0.25) is 0 Å². The smallest absolute Gasteiger partial charge is 0.0992 e. The van der Waals surface area contributed by atoms with E-state index >= 15 is 0 Å². The summed E-state index contributed by atoms with van der Waals surface area (Å²) >= 11 is 6.06. The first kappa shape index (κ1) is 12.5. The highest BCUT2D eigenvalue weighted by molar-refractivity contribution is 6.33. The molecule has 0 radical (unpaired) electrons. The van der Waals surface area contributed by atoms with Crippen LogP contribution in [0.5, 0.6) is 0 Å². The summed E-state index contributed by atoms with van der Waals surface area (Å²) in [4.78, 5) is 0. The monoisotopic (exact) mass is 256 g/mol. The molecule has 90 valence electrons. The van der Waals surface area contributed by atoms with Gasteiger partial charge in [-0.05, 0) is 30.2 Å². The average molecular weight is 257 g/mol. The van der Waals surface area contributed by atoms with Crippen molar-refractivity contribution in [3.05, 3.63) is 64.7 Å². The maximum Gasteiger partial charge on any atom is 0.0992 e. The van der Waals surface area contributed by atoms with Crippen LogP contribution >= 0.6 is 11.6 Å². The third-order valence-electron chi connectivity index (χ3n) is 2.67. The highest BCUT2D eigenvalue weighted by atomic mass is 35.5. The van der Waals surface area contributed by atoms with Gasteiger partial charge >= 0.3 is 0 Å². The Kier molecular flexibility index (Phi) is 4.22. The van der Waals surface area contributed by atoms with E-state index in [2.05, 4.69) is 23.5 Å². The number of nitriles is 1. The molecule has 0 bridgehead atoms. The second-order valence-electron chi connectivity index (χ2n) is 3.97. The van der Waals surface area contributed by atoms with Gasteiger partial charge in [-0.2, -0.15) is 5.26 Å². The van der Waals surface area contributed by atoms with Crippen molar-refractivity contribution in [1.82, 2.24) is 0 Å². The summed E-state index contributed by atoms with van der Waals surface area (Å²) in [6.45, 7) is 0.790. The molecule has 0 heterocycles. The van der Waals surface area contributed by atoms with E-state index in [9.17, 15) is 0 Å². The number of benzene rings is 2. The van der Waals surface area contributed by atoms with E-state index < -0.39 is 0 Å². The van der Waals surface area contributed by atoms with Crippen molar-refractivity contribution in [3.63, 3.8) is 0 Å². The van der Waals surface area contributed by atoms with Gasteiger partial charge in [0.2, 0.25) is 0 Å². The van der Waals surface area contributed by atoms with E-state index in [1.165, 1.54) is 5.56 Å². The molecule has 0 aliphatic carbocycles. The molecule has 0 fully saturated rings. The molecular formula is C15H13ClN2. The summed E-state index contributed by atoms with van der Waals surface area (Å²) in [7, 11) is 0. The van der Waals surface area contributed by atoms with Crippen molar-refractivity contribution in [2.24, 2.45) is 0 Å². The lowest BCUT2D eigenvalue weighted by Gasteiger charge is -2.08. The molecule has 0 atom stereocenters. The summed E-state index contributed by atoms with van der Waals surface area (Å²) in [5.41, 5.74) is 2.70. The SMILES string of the molecule is N#Cc1ccc(Cl)c(NCCc2ccccc2)c1. The van der Waals surface area contributed by atoms with Gasteiger partial charge < -0.3 is 5.32 Å². The third kappa shape index (κ3) is 3.26. The van der Waals surface area contributed by atoms with Crippen molar-refractivity contribution < 1.29 is 0 Å². The molecule has 0 saturated heterocycles. The van der Waals surface area contributed by atoms with Gasteiger partial charge in [0.05, 0.1) is 22.3 Å². The molecule has 18 heavy (non-hydrogen) atoms. The van der Waals surface area contributed by atoms with Gasteiger partial charge in [0.15, 0.2) is 0 Å². The Morgan fingerprint density at radius 3 is 2.61 bits per heavy atom. The first-order chi connectivity index (χ1) is 8.79. The lowest BCUT2D eigenvalue weighted by atomic mass is 10.1. The predicted octanol–water partition coefficient (Wildman–Crippen LogP) is 3.87. The van der Waals surface area contributed by atoms with Crippen LogP contribution in [0.25, 0.3) is 0 Å². The van der Waals surface area contributed by atoms with Gasteiger partial charge in [-0.15, -0.1) is 0 Å². The number of halogens is 1. The van der Waals surface area contributed by atoms with E-state index in [4.69, 9.17) is 16.9 Å². The Bertz CT molecular complexity index is 558. The molecule has 0 unspecified atom stereocenters. The van der Waals surface area contributed by atoms with Crippen LogP contribution in [0.15, 0.2) is 48.5 Å². The first-order valence-corrected chi connectivity index (χ1v) is 6.15. The molecule has 0 saturated carbocycles. The molecule has 1 N–H and O–H groups in total. The zero-order valence-electron chi connectivity index (χ0n) is 9.86. The zero-order chi connectivity index (χ0) is 12.8. The van der Waals surface area contributed by atoms with Gasteiger partial charge in [0, 0.05) is 6.54 Å². The predicted molar refractivity (Wildman–Crippen MR) is 74.8 cm³/mol. The van der Waals surface area contributed by atoms with Crippen molar-refractivity contribution in [1.29, 1.82) is 5.26 Å². The Morgan fingerprint density at radius 2 is 1.89 bits per heavy atom. The molecule has 0 aliphatic heterocycles. The Labute approximate surface area is 112 Å². The molecule has 0 aromatic heterocycles. The lowest BCUT2D eigenvalue weighted by Crippen LogP contribution is -2.05. The molecule has 3 heteroatoms. The van der Waals surface area contributed by atoms with Crippen LogP contribution in [-0.4, -0.2) is 6.54 Å². The number of anilines is 1. The molecule has 2 aromatic rings. The van der Waals surface area contributed by atoms with Crippen LogP contribution in [0.4, 0.5) is 5.69 Å². The second-order valence-corrected chi connectivity index (χ2v) is 4.38. The van der Waals surface area contributed by atoms with Crippen LogP contribution < -0.4 is 5.32 Å². The van der Waals surface area contributed by atoms with Crippen molar-refractivity contribution >= 4 is 17.3 Å². The van der Waals surface area contributed by atoms with Crippen molar-refractivity contribution in [2.45, 2.75) is 6.42 Å². The Balaban J connectivity index is 1.96. The summed E-state index contributed by atoms with van der Waals surface area (Å²) in [6.07, 6.45) is 0.925. The minimum Gasteiger partial charge on any atom is -0.383 e. The molecule has 0 aliphatic rings. The molecule has 2 nitrogen and oxygen atoms in total. The van der Waals surface area contributed by atoms with Gasteiger partial charge in [-0.25, -0.2) is 0 Å². The number of nitrogens with zero attached hydrogens (tertiary/aromatic N) is 1. The minimum atomic E-state index is 0.613. The van der Waals surface area contributed by atoms with Gasteiger partial charge in [0.1, 0.15) is 0 Å². The highest BCUT2D eigenvalue weighted by Gasteiger charge is 2.01. The van der Waals surface area contributed by atoms with Crippen LogP contribution in [0.1, 0.15) is 11.1 Å². The van der Waals surface area contributed by atoms with Crippen molar-refractivity contribution in [3.8, 4) is 6.07 Å². The summed E-state index contributed by atoms with van der Waals surface area (Å²) in [6, 6.07) is 17.6. The Morgan fingerprint density at radius 1 is 1.11 bits per heavy atom. The molecular weight excluding hydrogens is 244 g/mol. The lowest BCUT2D eigenvalue weighted by molar-refractivity contribution is 1.02. The largest absolute Gasteiger partial charge is 0.383 e. The van der Waals surface area contributed by atoms with E-state index in [-0.39, 0.29) is 0 Å². The van der Waals surface area contributed by atoms with E-state index in [0.29, 0.717) is 10.6 Å².